The van der Waals surface area contributed by atoms with Gasteiger partial charge < -0.3 is 11.1 Å². The van der Waals surface area contributed by atoms with Gasteiger partial charge in [-0.2, -0.15) is 0 Å². The average molecular weight is 272 g/mol. The van der Waals surface area contributed by atoms with Crippen LogP contribution >= 0.6 is 0 Å². The minimum Gasteiger partial charge on any atom is -0.394 e. The van der Waals surface area contributed by atoms with Crippen LogP contribution in [0.3, 0.4) is 0 Å². The second-order valence-corrected chi connectivity index (χ2v) is 5.54. The molecule has 0 atom stereocenters. The highest BCUT2D eigenvalue weighted by Gasteiger charge is 2.16. The summed E-state index contributed by atoms with van der Waals surface area (Å²) in [6.45, 7) is 5.00. The maximum atomic E-state index is 11.2. The largest absolute Gasteiger partial charge is 0.394 e. The van der Waals surface area contributed by atoms with Crippen LogP contribution in [0.4, 0.5) is 11.4 Å². The van der Waals surface area contributed by atoms with Gasteiger partial charge in [-0.1, -0.05) is 38.1 Å². The quantitative estimate of drug-likeness (QED) is 0.785. The Labute approximate surface area is 118 Å². The minimum absolute atomic E-state index is 0.0577. The Bertz CT molecular complexity index is 650. The van der Waals surface area contributed by atoms with Crippen molar-refractivity contribution in [1.29, 1.82) is 0 Å². The summed E-state index contributed by atoms with van der Waals surface area (Å²) >= 11 is 0. The molecule has 0 radical (unpaired) electrons. The van der Waals surface area contributed by atoms with Crippen molar-refractivity contribution >= 4 is 11.4 Å². The lowest BCUT2D eigenvalue weighted by Gasteiger charge is -2.10. The van der Waals surface area contributed by atoms with E-state index in [1.807, 2.05) is 0 Å². The number of benzene rings is 1. The molecule has 2 rings (SSSR count). The molecule has 4 heteroatoms. The summed E-state index contributed by atoms with van der Waals surface area (Å²) in [5.41, 5.74) is 7.23. The van der Waals surface area contributed by atoms with E-state index in [-0.39, 0.29) is 11.4 Å². The maximum absolute atomic E-state index is 11.2. The first-order valence-electron chi connectivity index (χ1n) is 6.89. The molecule has 0 fully saturated rings. The van der Waals surface area contributed by atoms with Gasteiger partial charge in [-0.3, -0.25) is 9.59 Å². The Morgan fingerprint density at radius 3 is 2.20 bits per heavy atom. The first-order valence-corrected chi connectivity index (χ1v) is 6.89. The van der Waals surface area contributed by atoms with Crippen molar-refractivity contribution in [2.24, 2.45) is 5.92 Å². The van der Waals surface area contributed by atoms with Gasteiger partial charge in [0.05, 0.1) is 0 Å². The molecule has 0 spiro atoms. The Balaban J connectivity index is 1.86. The van der Waals surface area contributed by atoms with Crippen molar-refractivity contribution in [1.82, 2.24) is 0 Å². The third-order valence-corrected chi connectivity index (χ3v) is 3.33. The van der Waals surface area contributed by atoms with Gasteiger partial charge in [0.25, 0.3) is 10.9 Å². The third kappa shape index (κ3) is 3.07. The minimum atomic E-state index is -0.578. The van der Waals surface area contributed by atoms with E-state index in [1.54, 1.807) is 0 Å². The number of nitrogens with one attached hydrogen (secondary N) is 1. The first kappa shape index (κ1) is 14.3. The van der Waals surface area contributed by atoms with E-state index >= 15 is 0 Å². The van der Waals surface area contributed by atoms with Gasteiger partial charge in [-0.25, -0.2) is 0 Å². The van der Waals surface area contributed by atoms with Gasteiger partial charge in [0, 0.05) is 6.54 Å². The fourth-order valence-electron chi connectivity index (χ4n) is 2.23. The Hall–Kier alpha value is -2.10. The summed E-state index contributed by atoms with van der Waals surface area (Å²) in [6.07, 6.45) is 1.87. The molecule has 0 aliphatic rings. The zero-order valence-electron chi connectivity index (χ0n) is 11.9. The lowest BCUT2D eigenvalue weighted by molar-refractivity contribution is 0.647. The Morgan fingerprint density at radius 2 is 1.65 bits per heavy atom. The molecule has 0 aliphatic heterocycles. The summed E-state index contributed by atoms with van der Waals surface area (Å²) in [6, 6.07) is 8.48. The highest BCUT2D eigenvalue weighted by atomic mass is 16.2. The molecule has 20 heavy (non-hydrogen) atoms. The van der Waals surface area contributed by atoms with Gasteiger partial charge in [-0.05, 0) is 29.9 Å². The molecule has 2 aromatic carbocycles. The van der Waals surface area contributed by atoms with E-state index in [0.29, 0.717) is 12.5 Å². The predicted molar refractivity (Wildman–Crippen MR) is 82.9 cm³/mol. The summed E-state index contributed by atoms with van der Waals surface area (Å²) in [7, 11) is 0. The monoisotopic (exact) mass is 272 g/mol. The highest BCUT2D eigenvalue weighted by Crippen LogP contribution is 2.12. The third-order valence-electron chi connectivity index (χ3n) is 3.33. The molecular formula is C16H20N2O2. The van der Waals surface area contributed by atoms with Crippen LogP contribution in [0, 0.1) is 5.92 Å². The summed E-state index contributed by atoms with van der Waals surface area (Å²) in [5, 5.41) is 2.93. The highest BCUT2D eigenvalue weighted by molar-refractivity contribution is 5.71. The lowest BCUT2D eigenvalue weighted by Crippen LogP contribution is -2.37. The average Bonchev–Trinajstić information content (AvgIpc) is 2.43. The molecule has 0 unspecified atom stereocenters. The number of hydrogen-bond acceptors (Lipinski definition) is 4. The van der Waals surface area contributed by atoms with Gasteiger partial charge in [-0.15, -0.1) is 0 Å². The van der Waals surface area contributed by atoms with E-state index in [0.717, 1.165) is 12.8 Å². The number of anilines is 2. The van der Waals surface area contributed by atoms with E-state index in [4.69, 9.17) is 5.73 Å². The standard InChI is InChI=1S/C16H20N2O2/c1-10(2)9-12-5-3-11(4-6-12)7-8-18-14-13(17)15(19)16(14)20/h3-6,10,18H,7-9,17H2,1-2H3. The molecule has 0 aromatic heterocycles. The Kier molecular flexibility index (Phi) is 4.23. The van der Waals surface area contributed by atoms with Gasteiger partial charge in [0.2, 0.25) is 0 Å². The first-order chi connectivity index (χ1) is 9.49. The second-order valence-electron chi connectivity index (χ2n) is 5.54. The van der Waals surface area contributed by atoms with Crippen molar-refractivity contribution < 1.29 is 0 Å². The van der Waals surface area contributed by atoms with Gasteiger partial charge in [0.1, 0.15) is 11.4 Å². The van der Waals surface area contributed by atoms with E-state index in [2.05, 4.69) is 43.4 Å². The molecule has 3 N–H and O–H groups in total. The van der Waals surface area contributed by atoms with Crippen LogP contribution in [0.5, 0.6) is 0 Å². The maximum Gasteiger partial charge on any atom is 0.253 e. The molecule has 4 nitrogen and oxygen atoms in total. The van der Waals surface area contributed by atoms with Crippen LogP contribution in [0.15, 0.2) is 33.9 Å². The molecule has 0 saturated heterocycles. The van der Waals surface area contributed by atoms with Gasteiger partial charge in [0.15, 0.2) is 0 Å². The zero-order chi connectivity index (χ0) is 14.7. The molecule has 0 bridgehead atoms. The molecule has 0 heterocycles. The zero-order valence-corrected chi connectivity index (χ0v) is 11.9. The smallest absolute Gasteiger partial charge is 0.253 e. The fourth-order valence-corrected chi connectivity index (χ4v) is 2.23. The van der Waals surface area contributed by atoms with Crippen LogP contribution in [0.2, 0.25) is 0 Å². The molecule has 0 aliphatic carbocycles. The molecule has 2 aromatic rings. The van der Waals surface area contributed by atoms with Crippen LogP contribution in [-0.2, 0) is 12.8 Å². The Morgan fingerprint density at radius 1 is 1.05 bits per heavy atom. The van der Waals surface area contributed by atoms with E-state index < -0.39 is 10.9 Å². The van der Waals surface area contributed by atoms with Gasteiger partial charge >= 0.3 is 0 Å². The molecule has 0 amide bonds. The molecule has 0 saturated carbocycles. The molecule has 106 valence electrons. The number of nitrogens with two attached hydrogens (primary N) is 1. The fraction of sp³-hybridized carbons (Fsp3) is 0.375. The SMILES string of the molecule is CC(C)Cc1ccc(CCNc2c(N)c(=O)c2=O)cc1. The second kappa shape index (κ2) is 5.90. The number of rotatable bonds is 6. The topological polar surface area (TPSA) is 72.2 Å². The van der Waals surface area contributed by atoms with Crippen LogP contribution in [0.1, 0.15) is 25.0 Å². The number of hydrogen-bond donors (Lipinski definition) is 2. The van der Waals surface area contributed by atoms with Crippen molar-refractivity contribution in [2.45, 2.75) is 26.7 Å². The van der Waals surface area contributed by atoms with Crippen LogP contribution in [0.25, 0.3) is 0 Å². The summed E-state index contributed by atoms with van der Waals surface area (Å²) in [5.74, 6) is 0.652. The van der Waals surface area contributed by atoms with Crippen molar-refractivity contribution in [2.75, 3.05) is 17.6 Å². The lowest BCUT2D eigenvalue weighted by atomic mass is 10.0. The van der Waals surface area contributed by atoms with Crippen molar-refractivity contribution in [3.05, 3.63) is 55.8 Å². The summed E-state index contributed by atoms with van der Waals surface area (Å²) in [4.78, 5) is 22.2. The van der Waals surface area contributed by atoms with Crippen molar-refractivity contribution in [3.8, 4) is 0 Å². The molecular weight excluding hydrogens is 252 g/mol. The van der Waals surface area contributed by atoms with Crippen LogP contribution < -0.4 is 21.9 Å². The van der Waals surface area contributed by atoms with Crippen molar-refractivity contribution in [3.63, 3.8) is 0 Å². The summed E-state index contributed by atoms with van der Waals surface area (Å²) < 4.78 is 0. The van der Waals surface area contributed by atoms with Crippen LogP contribution in [-0.4, -0.2) is 6.54 Å². The predicted octanol–water partition coefficient (Wildman–Crippen LogP) is 1.72. The number of nitrogen functional groups attached to an aromatic ring is 1. The van der Waals surface area contributed by atoms with E-state index in [9.17, 15) is 9.59 Å². The normalized spacial score (nSPS) is 11.2. The van der Waals surface area contributed by atoms with E-state index in [1.165, 1.54) is 11.1 Å².